The lowest BCUT2D eigenvalue weighted by molar-refractivity contribution is -0.137. The van der Waals surface area contributed by atoms with Crippen molar-refractivity contribution < 1.29 is 26.4 Å². The first-order valence-corrected chi connectivity index (χ1v) is 11.3. The van der Waals surface area contributed by atoms with Crippen LogP contribution in [0.3, 0.4) is 0 Å². The average molecular weight is 477 g/mol. The highest BCUT2D eigenvalue weighted by Gasteiger charge is 2.31. The van der Waals surface area contributed by atoms with Gasteiger partial charge in [-0.1, -0.05) is 17.7 Å². The maximum absolute atomic E-state index is 12.6. The van der Waals surface area contributed by atoms with Gasteiger partial charge in [0.2, 0.25) is 10.0 Å². The Labute approximate surface area is 182 Å². The Morgan fingerprint density at radius 2 is 1.87 bits per heavy atom. The van der Waals surface area contributed by atoms with E-state index in [-0.39, 0.29) is 34.4 Å². The van der Waals surface area contributed by atoms with Crippen LogP contribution < -0.4 is 10.6 Å². The van der Waals surface area contributed by atoms with Gasteiger partial charge >= 0.3 is 6.18 Å². The minimum absolute atomic E-state index is 0.0564. The standard InChI is InChI=1S/C19H20ClF3N4O3S/c20-16-11-14(19(21,22)23)12-26-17(16)24-6-7-25-18(28)13-4-3-5-15(10-13)31(29,30)27-8-1-2-9-27/h3-5,10-12H,1-2,6-9H2,(H,24,26)(H,25,28). The largest absolute Gasteiger partial charge is 0.417 e. The molecule has 1 saturated heterocycles. The molecule has 2 heterocycles. The van der Waals surface area contributed by atoms with Crippen molar-refractivity contribution in [1.82, 2.24) is 14.6 Å². The summed E-state index contributed by atoms with van der Waals surface area (Å²) in [5.74, 6) is -0.422. The number of aromatic nitrogens is 1. The molecule has 0 unspecified atom stereocenters. The first kappa shape index (κ1) is 23.3. The predicted molar refractivity (Wildman–Crippen MR) is 110 cm³/mol. The van der Waals surface area contributed by atoms with Gasteiger partial charge in [0.25, 0.3) is 5.91 Å². The smallest absolute Gasteiger partial charge is 0.367 e. The molecule has 0 aliphatic carbocycles. The number of rotatable bonds is 7. The quantitative estimate of drug-likeness (QED) is 0.598. The van der Waals surface area contributed by atoms with Crippen LogP contribution in [0.2, 0.25) is 5.02 Å². The number of benzene rings is 1. The number of nitrogens with one attached hydrogen (secondary N) is 2. The Kier molecular flexibility index (Phi) is 7.07. The molecule has 1 aliphatic heterocycles. The lowest BCUT2D eigenvalue weighted by Crippen LogP contribution is -2.30. The van der Waals surface area contributed by atoms with Gasteiger partial charge in [0.05, 0.1) is 15.5 Å². The van der Waals surface area contributed by atoms with E-state index in [4.69, 9.17) is 11.6 Å². The van der Waals surface area contributed by atoms with Gasteiger partial charge in [-0.3, -0.25) is 4.79 Å². The zero-order valence-electron chi connectivity index (χ0n) is 16.2. The Bertz CT molecular complexity index is 1060. The van der Waals surface area contributed by atoms with E-state index < -0.39 is 27.7 Å². The third kappa shape index (κ3) is 5.66. The maximum atomic E-state index is 12.6. The Morgan fingerprint density at radius 1 is 1.16 bits per heavy atom. The summed E-state index contributed by atoms with van der Waals surface area (Å²) in [7, 11) is -3.64. The van der Waals surface area contributed by atoms with E-state index in [1.54, 1.807) is 0 Å². The van der Waals surface area contributed by atoms with E-state index in [1.165, 1.54) is 28.6 Å². The summed E-state index contributed by atoms with van der Waals surface area (Å²) in [6.07, 6.45) is -2.26. The van der Waals surface area contributed by atoms with Crippen LogP contribution in [0.15, 0.2) is 41.4 Å². The highest BCUT2D eigenvalue weighted by molar-refractivity contribution is 7.89. The van der Waals surface area contributed by atoms with E-state index in [0.29, 0.717) is 19.3 Å². The summed E-state index contributed by atoms with van der Waals surface area (Å²) in [4.78, 5) is 16.1. The molecule has 1 aliphatic rings. The molecule has 0 radical (unpaired) electrons. The van der Waals surface area contributed by atoms with Crippen molar-refractivity contribution in [2.45, 2.75) is 23.9 Å². The molecule has 1 aromatic heterocycles. The molecule has 0 saturated carbocycles. The second-order valence-electron chi connectivity index (χ2n) is 6.87. The summed E-state index contributed by atoms with van der Waals surface area (Å²) >= 11 is 5.81. The van der Waals surface area contributed by atoms with Gasteiger partial charge in [-0.15, -0.1) is 0 Å². The van der Waals surface area contributed by atoms with Crippen molar-refractivity contribution in [2.75, 3.05) is 31.5 Å². The van der Waals surface area contributed by atoms with Crippen LogP contribution in [0, 0.1) is 0 Å². The van der Waals surface area contributed by atoms with E-state index in [1.807, 2.05) is 0 Å². The minimum atomic E-state index is -4.54. The molecule has 1 fully saturated rings. The van der Waals surface area contributed by atoms with E-state index in [9.17, 15) is 26.4 Å². The fraction of sp³-hybridized carbons (Fsp3) is 0.368. The molecule has 31 heavy (non-hydrogen) atoms. The maximum Gasteiger partial charge on any atom is 0.417 e. The number of nitrogens with zero attached hydrogens (tertiary/aromatic N) is 2. The van der Waals surface area contributed by atoms with E-state index in [0.717, 1.165) is 18.9 Å². The molecule has 0 spiro atoms. The number of carbonyl (C=O) groups is 1. The van der Waals surface area contributed by atoms with E-state index >= 15 is 0 Å². The Morgan fingerprint density at radius 3 is 2.52 bits per heavy atom. The molecule has 1 amide bonds. The molecule has 0 atom stereocenters. The summed E-state index contributed by atoms with van der Waals surface area (Å²) in [6, 6.07) is 6.54. The normalized spacial score (nSPS) is 15.1. The number of carbonyl (C=O) groups excluding carboxylic acids is 1. The number of halogens is 4. The topological polar surface area (TPSA) is 91.4 Å². The van der Waals surface area contributed by atoms with Gasteiger partial charge in [-0.05, 0) is 37.1 Å². The number of pyridine rings is 1. The SMILES string of the molecule is O=C(NCCNc1ncc(C(F)(F)F)cc1Cl)c1cccc(S(=O)(=O)N2CCCC2)c1. The van der Waals surface area contributed by atoms with Gasteiger partial charge in [-0.25, -0.2) is 13.4 Å². The number of alkyl halides is 3. The number of hydrogen-bond donors (Lipinski definition) is 2. The Balaban J connectivity index is 1.56. The van der Waals surface area contributed by atoms with Crippen LogP contribution in [0.1, 0.15) is 28.8 Å². The molecule has 7 nitrogen and oxygen atoms in total. The van der Waals surface area contributed by atoms with Crippen molar-refractivity contribution in [3.8, 4) is 0 Å². The third-order valence-electron chi connectivity index (χ3n) is 4.67. The van der Waals surface area contributed by atoms with Gasteiger partial charge in [0.1, 0.15) is 5.82 Å². The van der Waals surface area contributed by atoms with Gasteiger partial charge in [0.15, 0.2) is 0 Å². The molecule has 2 N–H and O–H groups in total. The summed E-state index contributed by atoms with van der Waals surface area (Å²) in [5.41, 5.74) is -0.772. The highest BCUT2D eigenvalue weighted by atomic mass is 35.5. The number of anilines is 1. The molecule has 12 heteroatoms. The van der Waals surface area contributed by atoms with Crippen LogP contribution >= 0.6 is 11.6 Å². The molecule has 3 rings (SSSR count). The second kappa shape index (κ2) is 9.41. The second-order valence-corrected chi connectivity index (χ2v) is 9.22. The molecular formula is C19H20ClF3N4O3S. The van der Waals surface area contributed by atoms with Gasteiger partial charge < -0.3 is 10.6 Å². The Hall–Kier alpha value is -2.37. The summed E-state index contributed by atoms with van der Waals surface area (Å²) < 4.78 is 64.6. The first-order valence-electron chi connectivity index (χ1n) is 9.44. The van der Waals surface area contributed by atoms with Crippen LogP contribution in [0.4, 0.5) is 19.0 Å². The monoisotopic (exact) mass is 476 g/mol. The van der Waals surface area contributed by atoms with Gasteiger partial charge in [-0.2, -0.15) is 17.5 Å². The third-order valence-corrected chi connectivity index (χ3v) is 6.85. The highest BCUT2D eigenvalue weighted by Crippen LogP contribution is 2.32. The summed E-state index contributed by atoms with van der Waals surface area (Å²) in [6.45, 7) is 1.19. The van der Waals surface area contributed by atoms with Crippen molar-refractivity contribution in [1.29, 1.82) is 0 Å². The lowest BCUT2D eigenvalue weighted by atomic mass is 10.2. The van der Waals surface area contributed by atoms with Gasteiger partial charge in [0, 0.05) is 37.9 Å². The predicted octanol–water partition coefficient (Wildman–Crippen LogP) is 3.38. The van der Waals surface area contributed by atoms with Crippen molar-refractivity contribution >= 4 is 33.3 Å². The van der Waals surface area contributed by atoms with Crippen LogP contribution in [0.25, 0.3) is 0 Å². The number of hydrogen-bond acceptors (Lipinski definition) is 5. The van der Waals surface area contributed by atoms with Crippen molar-refractivity contribution in [3.05, 3.63) is 52.7 Å². The molecule has 0 bridgehead atoms. The minimum Gasteiger partial charge on any atom is -0.367 e. The lowest BCUT2D eigenvalue weighted by Gasteiger charge is -2.16. The average Bonchev–Trinajstić information content (AvgIpc) is 3.27. The number of amides is 1. The van der Waals surface area contributed by atoms with Crippen LogP contribution in [0.5, 0.6) is 0 Å². The number of sulfonamides is 1. The molecular weight excluding hydrogens is 457 g/mol. The first-order chi connectivity index (χ1) is 14.6. The molecule has 2 aromatic rings. The fourth-order valence-corrected chi connectivity index (χ4v) is 4.85. The summed E-state index contributed by atoms with van der Waals surface area (Å²) in [5, 5.41) is 5.16. The molecule has 168 valence electrons. The van der Waals surface area contributed by atoms with Crippen molar-refractivity contribution in [3.63, 3.8) is 0 Å². The molecule has 1 aromatic carbocycles. The van der Waals surface area contributed by atoms with E-state index in [2.05, 4.69) is 15.6 Å². The van der Waals surface area contributed by atoms with Crippen molar-refractivity contribution in [2.24, 2.45) is 0 Å². The zero-order chi connectivity index (χ0) is 22.6. The van der Waals surface area contributed by atoms with Crippen LogP contribution in [-0.4, -0.2) is 49.8 Å². The zero-order valence-corrected chi connectivity index (χ0v) is 17.8. The van der Waals surface area contributed by atoms with Crippen LogP contribution in [-0.2, 0) is 16.2 Å². The fourth-order valence-electron chi connectivity index (χ4n) is 3.06.